The molecule has 0 radical (unpaired) electrons. The van der Waals surface area contributed by atoms with Crippen LogP contribution < -0.4 is 0 Å². The largest absolute Gasteiger partial charge is 0.278 e. The first-order chi connectivity index (χ1) is 21.5. The summed E-state index contributed by atoms with van der Waals surface area (Å²) in [6.07, 6.45) is 4.46. The molecule has 7 aromatic rings. The number of allylic oxidation sites excluding steroid dienone is 1. The summed E-state index contributed by atoms with van der Waals surface area (Å²) in [6.45, 7) is 9.12. The van der Waals surface area contributed by atoms with E-state index in [0.717, 1.165) is 28.0 Å². The summed E-state index contributed by atoms with van der Waals surface area (Å²) in [6, 6.07) is 40.6. The molecule has 212 valence electrons. The molecular weight excluding hydrogens is 534 g/mol. The molecule has 5 aromatic carbocycles. The number of rotatable bonds is 4. The van der Waals surface area contributed by atoms with Crippen LogP contribution in [-0.4, -0.2) is 14.5 Å². The van der Waals surface area contributed by atoms with Gasteiger partial charge in [-0.2, -0.15) is 0 Å². The van der Waals surface area contributed by atoms with Gasteiger partial charge in [0.15, 0.2) is 0 Å². The Balaban J connectivity index is 1.57. The molecule has 8 rings (SSSR count). The molecule has 2 aromatic heterocycles. The molecule has 1 aliphatic carbocycles. The molecule has 0 saturated carbocycles. The molecule has 0 saturated heterocycles. The second kappa shape index (κ2) is 9.89. The van der Waals surface area contributed by atoms with E-state index < -0.39 is 0 Å². The highest BCUT2D eigenvalue weighted by Crippen LogP contribution is 2.55. The molecule has 0 amide bonds. The van der Waals surface area contributed by atoms with Gasteiger partial charge in [0.05, 0.1) is 22.4 Å². The molecule has 3 nitrogen and oxygen atoms in total. The Bertz CT molecular complexity index is 2200. The lowest BCUT2D eigenvalue weighted by Gasteiger charge is -2.24. The maximum atomic E-state index is 5.32. The van der Waals surface area contributed by atoms with Crippen molar-refractivity contribution < 1.29 is 0 Å². The van der Waals surface area contributed by atoms with Gasteiger partial charge in [-0.1, -0.05) is 129 Å². The topological polar surface area (TPSA) is 30.7 Å². The molecule has 1 aliphatic rings. The third-order valence-electron chi connectivity index (χ3n) is 9.29. The number of aromatic nitrogens is 3. The monoisotopic (exact) mass is 567 g/mol. The first-order valence-corrected chi connectivity index (χ1v) is 15.3. The first-order valence-electron chi connectivity index (χ1n) is 15.3. The number of benzene rings is 5. The summed E-state index contributed by atoms with van der Waals surface area (Å²) in [7, 11) is 0. The fraction of sp³-hybridized carbons (Fsp3) is 0.122. The second-order valence-corrected chi connectivity index (χ2v) is 12.2. The van der Waals surface area contributed by atoms with E-state index in [1.807, 2.05) is 12.1 Å². The third kappa shape index (κ3) is 3.75. The van der Waals surface area contributed by atoms with Crippen LogP contribution in [0.1, 0.15) is 43.0 Å². The molecule has 44 heavy (non-hydrogen) atoms. The van der Waals surface area contributed by atoms with Crippen molar-refractivity contribution in [2.75, 3.05) is 0 Å². The van der Waals surface area contributed by atoms with Gasteiger partial charge in [0.1, 0.15) is 0 Å². The Morgan fingerprint density at radius 1 is 0.705 bits per heavy atom. The lowest BCUT2D eigenvalue weighted by molar-refractivity contribution is 0.663. The van der Waals surface area contributed by atoms with Crippen LogP contribution in [-0.2, 0) is 5.41 Å². The summed E-state index contributed by atoms with van der Waals surface area (Å²) in [5, 5.41) is 2.48. The van der Waals surface area contributed by atoms with E-state index in [-0.39, 0.29) is 5.41 Å². The zero-order valence-electron chi connectivity index (χ0n) is 25.5. The lowest BCUT2D eigenvalue weighted by Crippen LogP contribution is -2.17. The van der Waals surface area contributed by atoms with Crippen molar-refractivity contribution in [3.8, 4) is 39.6 Å². The van der Waals surface area contributed by atoms with Crippen molar-refractivity contribution in [1.82, 2.24) is 14.5 Å². The van der Waals surface area contributed by atoms with Crippen LogP contribution in [0.2, 0.25) is 0 Å². The van der Waals surface area contributed by atoms with E-state index >= 15 is 0 Å². The van der Waals surface area contributed by atoms with E-state index in [1.165, 1.54) is 49.7 Å². The molecule has 0 aliphatic heterocycles. The highest BCUT2D eigenvalue weighted by atomic mass is 15.2. The molecule has 2 heterocycles. The minimum atomic E-state index is -0.223. The predicted molar refractivity (Wildman–Crippen MR) is 184 cm³/mol. The summed E-state index contributed by atoms with van der Waals surface area (Å²) in [5.41, 5.74) is 13.9. The normalized spacial score (nSPS) is 13.5. The zero-order chi connectivity index (χ0) is 30.0. The average Bonchev–Trinajstić information content (AvgIpc) is 3.53. The van der Waals surface area contributed by atoms with Crippen molar-refractivity contribution in [3.05, 3.63) is 144 Å². The Morgan fingerprint density at radius 3 is 1.95 bits per heavy atom. The molecule has 0 spiro atoms. The quantitative estimate of drug-likeness (QED) is 0.212. The SMILES string of the molecule is C/C=C\c1c2c(c3c(c1C)c1ccccc1n3-c1nc(-c3ccccc3)cc(-c3ccccc3)n1)C(C)(C)c1ccccc1-2. The van der Waals surface area contributed by atoms with Gasteiger partial charge < -0.3 is 0 Å². The number of hydrogen-bond donors (Lipinski definition) is 0. The van der Waals surface area contributed by atoms with Crippen molar-refractivity contribution >= 4 is 27.9 Å². The standard InChI is InChI=1S/C41H33N3/c1-5-16-29-26(2)36-31-22-13-15-24-35(31)44(39(36)38-37(29)30-21-12-14-23-32(30)41(38,3)4)40-42-33(27-17-8-6-9-18-27)25-34(43-40)28-19-10-7-11-20-28/h5-25H,1-4H3/b16-5-. The Labute approximate surface area is 258 Å². The van der Waals surface area contributed by atoms with Gasteiger partial charge >= 0.3 is 0 Å². The number of fused-ring (bicyclic) bond motifs is 7. The van der Waals surface area contributed by atoms with Gasteiger partial charge in [-0.15, -0.1) is 0 Å². The highest BCUT2D eigenvalue weighted by Gasteiger charge is 2.40. The molecule has 3 heteroatoms. The van der Waals surface area contributed by atoms with E-state index in [0.29, 0.717) is 5.95 Å². The van der Waals surface area contributed by atoms with Crippen molar-refractivity contribution in [1.29, 1.82) is 0 Å². The molecule has 0 bridgehead atoms. The average molecular weight is 568 g/mol. The Hall–Kier alpha value is -5.28. The second-order valence-electron chi connectivity index (χ2n) is 12.2. The van der Waals surface area contributed by atoms with Gasteiger partial charge in [0.25, 0.3) is 0 Å². The maximum Gasteiger partial charge on any atom is 0.235 e. The third-order valence-corrected chi connectivity index (χ3v) is 9.29. The fourth-order valence-corrected chi connectivity index (χ4v) is 7.33. The van der Waals surface area contributed by atoms with Gasteiger partial charge in [0.2, 0.25) is 5.95 Å². The molecule has 0 unspecified atom stereocenters. The van der Waals surface area contributed by atoms with Crippen molar-refractivity contribution in [2.45, 2.75) is 33.1 Å². The van der Waals surface area contributed by atoms with Crippen LogP contribution in [0.4, 0.5) is 0 Å². The summed E-state index contributed by atoms with van der Waals surface area (Å²) in [5.74, 6) is 0.684. The Kier molecular flexibility index (Phi) is 5.92. The van der Waals surface area contributed by atoms with E-state index in [9.17, 15) is 0 Å². The zero-order valence-corrected chi connectivity index (χ0v) is 25.5. The van der Waals surface area contributed by atoms with Crippen LogP contribution in [0.15, 0.2) is 121 Å². The number of hydrogen-bond acceptors (Lipinski definition) is 2. The minimum absolute atomic E-state index is 0.223. The van der Waals surface area contributed by atoms with Crippen LogP contribution >= 0.6 is 0 Å². The summed E-state index contributed by atoms with van der Waals surface area (Å²) < 4.78 is 2.34. The van der Waals surface area contributed by atoms with Gasteiger partial charge in [0, 0.05) is 27.3 Å². The van der Waals surface area contributed by atoms with Crippen LogP contribution in [0.5, 0.6) is 0 Å². The van der Waals surface area contributed by atoms with E-state index in [1.54, 1.807) is 0 Å². The van der Waals surface area contributed by atoms with Gasteiger partial charge in [-0.25, -0.2) is 9.97 Å². The highest BCUT2D eigenvalue weighted by molar-refractivity contribution is 6.16. The lowest BCUT2D eigenvalue weighted by atomic mass is 9.80. The number of nitrogens with zero attached hydrogens (tertiary/aromatic N) is 3. The van der Waals surface area contributed by atoms with Crippen LogP contribution in [0.3, 0.4) is 0 Å². The number of para-hydroxylation sites is 1. The minimum Gasteiger partial charge on any atom is -0.278 e. The van der Waals surface area contributed by atoms with Crippen molar-refractivity contribution in [2.24, 2.45) is 0 Å². The van der Waals surface area contributed by atoms with Crippen LogP contribution in [0.25, 0.3) is 67.5 Å². The van der Waals surface area contributed by atoms with Gasteiger partial charge in [-0.05, 0) is 59.4 Å². The molecule has 0 N–H and O–H groups in total. The molecular formula is C41H33N3. The summed E-state index contributed by atoms with van der Waals surface area (Å²) in [4.78, 5) is 10.6. The maximum absolute atomic E-state index is 5.32. The van der Waals surface area contributed by atoms with E-state index in [2.05, 4.69) is 148 Å². The predicted octanol–water partition coefficient (Wildman–Crippen LogP) is 10.6. The molecule has 0 atom stereocenters. The smallest absolute Gasteiger partial charge is 0.235 e. The van der Waals surface area contributed by atoms with Crippen molar-refractivity contribution in [3.63, 3.8) is 0 Å². The van der Waals surface area contributed by atoms with E-state index in [4.69, 9.17) is 9.97 Å². The fourth-order valence-electron chi connectivity index (χ4n) is 7.33. The first kappa shape index (κ1) is 26.4. The van der Waals surface area contributed by atoms with Crippen LogP contribution in [0, 0.1) is 6.92 Å². The number of aryl methyl sites for hydroxylation is 1. The summed E-state index contributed by atoms with van der Waals surface area (Å²) >= 11 is 0. The van der Waals surface area contributed by atoms with Gasteiger partial charge in [-0.3, -0.25) is 4.57 Å². The molecule has 0 fully saturated rings. The Morgan fingerprint density at radius 2 is 1.30 bits per heavy atom.